The summed E-state index contributed by atoms with van der Waals surface area (Å²) in [5.74, 6) is 0.786. The third-order valence-electron chi connectivity index (χ3n) is 4.91. The Kier molecular flexibility index (Phi) is 7.04. The number of halogens is 2. The number of furan rings is 1. The number of carbonyl (C=O) groups is 1. The molecule has 31 heavy (non-hydrogen) atoms. The number of hydrogen-bond acceptors (Lipinski definition) is 5. The quantitative estimate of drug-likeness (QED) is 0.424. The SMILES string of the molecule is O=C(NN=Cc1ccc(-c2ccc(Cl)cc2Cl)o1)c1ccc(CN2CCOCC2)cc1. The smallest absolute Gasteiger partial charge is 0.271 e. The Labute approximate surface area is 190 Å². The summed E-state index contributed by atoms with van der Waals surface area (Å²) in [5, 5.41) is 5.03. The summed E-state index contributed by atoms with van der Waals surface area (Å²) in [6.45, 7) is 4.23. The van der Waals surface area contributed by atoms with E-state index in [0.29, 0.717) is 27.1 Å². The van der Waals surface area contributed by atoms with Crippen molar-refractivity contribution in [2.45, 2.75) is 6.54 Å². The maximum absolute atomic E-state index is 12.3. The summed E-state index contributed by atoms with van der Waals surface area (Å²) in [6.07, 6.45) is 1.44. The zero-order valence-corrected chi connectivity index (χ0v) is 18.2. The lowest BCUT2D eigenvalue weighted by Gasteiger charge is -2.26. The Hall–Kier alpha value is -2.64. The number of hydrazone groups is 1. The van der Waals surface area contributed by atoms with E-state index in [0.717, 1.165) is 44.0 Å². The number of nitrogens with zero attached hydrogens (tertiary/aromatic N) is 2. The summed E-state index contributed by atoms with van der Waals surface area (Å²) in [6, 6.07) is 16.2. The molecule has 2 heterocycles. The van der Waals surface area contributed by atoms with E-state index in [-0.39, 0.29) is 5.91 Å². The monoisotopic (exact) mass is 457 g/mol. The summed E-state index contributed by atoms with van der Waals surface area (Å²) >= 11 is 12.1. The summed E-state index contributed by atoms with van der Waals surface area (Å²) in [5.41, 5.74) is 4.94. The van der Waals surface area contributed by atoms with E-state index < -0.39 is 0 Å². The lowest BCUT2D eigenvalue weighted by Crippen LogP contribution is -2.35. The van der Waals surface area contributed by atoms with E-state index in [1.54, 1.807) is 42.5 Å². The first-order chi connectivity index (χ1) is 15.1. The van der Waals surface area contributed by atoms with Crippen LogP contribution in [0.5, 0.6) is 0 Å². The van der Waals surface area contributed by atoms with Crippen LogP contribution >= 0.6 is 23.2 Å². The molecule has 0 radical (unpaired) electrons. The van der Waals surface area contributed by atoms with E-state index in [9.17, 15) is 4.79 Å². The maximum atomic E-state index is 12.3. The summed E-state index contributed by atoms with van der Waals surface area (Å²) in [4.78, 5) is 14.7. The van der Waals surface area contributed by atoms with Gasteiger partial charge in [-0.3, -0.25) is 9.69 Å². The first-order valence-corrected chi connectivity index (χ1v) is 10.6. The Morgan fingerprint density at radius 2 is 1.84 bits per heavy atom. The highest BCUT2D eigenvalue weighted by molar-refractivity contribution is 6.36. The molecule has 0 bridgehead atoms. The van der Waals surface area contributed by atoms with Crippen LogP contribution in [0.4, 0.5) is 0 Å². The van der Waals surface area contributed by atoms with Crippen molar-refractivity contribution < 1.29 is 13.9 Å². The fourth-order valence-corrected chi connectivity index (χ4v) is 3.76. The summed E-state index contributed by atoms with van der Waals surface area (Å²) < 4.78 is 11.1. The number of ether oxygens (including phenoxy) is 1. The van der Waals surface area contributed by atoms with E-state index in [4.69, 9.17) is 32.4 Å². The van der Waals surface area contributed by atoms with Crippen LogP contribution in [0, 0.1) is 0 Å². The average Bonchev–Trinajstić information content (AvgIpc) is 3.23. The van der Waals surface area contributed by atoms with Crippen molar-refractivity contribution >= 4 is 35.3 Å². The second-order valence-electron chi connectivity index (χ2n) is 7.11. The first-order valence-electron chi connectivity index (χ1n) is 9.86. The van der Waals surface area contributed by atoms with Crippen molar-refractivity contribution in [2.75, 3.05) is 26.3 Å². The number of rotatable bonds is 6. The lowest BCUT2D eigenvalue weighted by atomic mass is 10.1. The van der Waals surface area contributed by atoms with Gasteiger partial charge in [-0.15, -0.1) is 0 Å². The van der Waals surface area contributed by atoms with Gasteiger partial charge in [-0.2, -0.15) is 5.10 Å². The van der Waals surface area contributed by atoms with Crippen LogP contribution in [0.1, 0.15) is 21.7 Å². The van der Waals surface area contributed by atoms with Crippen molar-refractivity contribution in [1.82, 2.24) is 10.3 Å². The number of hydrogen-bond donors (Lipinski definition) is 1. The van der Waals surface area contributed by atoms with Crippen LogP contribution in [-0.2, 0) is 11.3 Å². The van der Waals surface area contributed by atoms with Gasteiger partial charge < -0.3 is 9.15 Å². The van der Waals surface area contributed by atoms with Gasteiger partial charge in [-0.05, 0) is 48.0 Å². The van der Waals surface area contributed by atoms with Gasteiger partial charge in [0.05, 0.1) is 24.5 Å². The standard InChI is InChI=1S/C23H21Cl2N3O3/c24-18-5-7-20(21(25)13-18)22-8-6-19(31-22)14-26-27-23(29)17-3-1-16(2-4-17)15-28-9-11-30-12-10-28/h1-8,13-14H,9-12,15H2,(H,27,29). The second-order valence-corrected chi connectivity index (χ2v) is 7.95. The van der Waals surface area contributed by atoms with Crippen molar-refractivity contribution in [2.24, 2.45) is 5.10 Å². The highest BCUT2D eigenvalue weighted by Crippen LogP contribution is 2.31. The van der Waals surface area contributed by atoms with E-state index in [1.165, 1.54) is 6.21 Å². The molecule has 1 aliphatic rings. The Morgan fingerprint density at radius 1 is 1.06 bits per heavy atom. The van der Waals surface area contributed by atoms with E-state index in [1.807, 2.05) is 12.1 Å². The molecule has 0 saturated carbocycles. The number of carbonyl (C=O) groups excluding carboxylic acids is 1. The van der Waals surface area contributed by atoms with Gasteiger partial charge in [0, 0.05) is 35.8 Å². The molecule has 4 rings (SSSR count). The van der Waals surface area contributed by atoms with Crippen LogP contribution < -0.4 is 5.43 Å². The average molecular weight is 458 g/mol. The molecule has 8 heteroatoms. The molecule has 1 N–H and O–H groups in total. The van der Waals surface area contributed by atoms with Gasteiger partial charge in [-0.25, -0.2) is 5.43 Å². The molecule has 1 aliphatic heterocycles. The molecule has 1 aromatic heterocycles. The molecule has 6 nitrogen and oxygen atoms in total. The fraction of sp³-hybridized carbons (Fsp3) is 0.217. The zero-order valence-electron chi connectivity index (χ0n) is 16.7. The summed E-state index contributed by atoms with van der Waals surface area (Å²) in [7, 11) is 0. The van der Waals surface area contributed by atoms with Gasteiger partial charge in [0.2, 0.25) is 0 Å². The van der Waals surface area contributed by atoms with Crippen LogP contribution in [-0.4, -0.2) is 43.3 Å². The third kappa shape index (κ3) is 5.74. The minimum absolute atomic E-state index is 0.290. The van der Waals surface area contributed by atoms with Gasteiger partial charge in [0.15, 0.2) is 0 Å². The zero-order chi connectivity index (χ0) is 21.6. The highest BCUT2D eigenvalue weighted by atomic mass is 35.5. The first kappa shape index (κ1) is 21.6. The van der Waals surface area contributed by atoms with Crippen LogP contribution in [0.2, 0.25) is 10.0 Å². The minimum atomic E-state index is -0.290. The van der Waals surface area contributed by atoms with Gasteiger partial charge >= 0.3 is 0 Å². The molecule has 160 valence electrons. The molecule has 0 unspecified atom stereocenters. The minimum Gasteiger partial charge on any atom is -0.455 e. The number of amides is 1. The lowest BCUT2D eigenvalue weighted by molar-refractivity contribution is 0.0342. The second kappa shape index (κ2) is 10.1. The number of benzene rings is 2. The van der Waals surface area contributed by atoms with Crippen molar-refractivity contribution in [3.8, 4) is 11.3 Å². The number of morpholine rings is 1. The number of nitrogens with one attached hydrogen (secondary N) is 1. The van der Waals surface area contributed by atoms with Gasteiger partial charge in [0.1, 0.15) is 11.5 Å². The largest absolute Gasteiger partial charge is 0.455 e. The molecule has 0 spiro atoms. The Balaban J connectivity index is 1.32. The molecule has 1 amide bonds. The van der Waals surface area contributed by atoms with Gasteiger partial charge in [0.25, 0.3) is 5.91 Å². The molecule has 2 aromatic carbocycles. The van der Waals surface area contributed by atoms with Crippen LogP contribution in [0.3, 0.4) is 0 Å². The molecule has 1 fully saturated rings. The van der Waals surface area contributed by atoms with Crippen LogP contribution in [0.15, 0.2) is 64.1 Å². The van der Waals surface area contributed by atoms with Crippen molar-refractivity contribution in [1.29, 1.82) is 0 Å². The van der Waals surface area contributed by atoms with E-state index >= 15 is 0 Å². The predicted octanol–water partition coefficient (Wildman–Crippen LogP) is 4.85. The molecular weight excluding hydrogens is 437 g/mol. The molecule has 0 atom stereocenters. The maximum Gasteiger partial charge on any atom is 0.271 e. The Bertz CT molecular complexity index is 1070. The molecule has 3 aromatic rings. The van der Waals surface area contributed by atoms with E-state index in [2.05, 4.69) is 15.4 Å². The van der Waals surface area contributed by atoms with Gasteiger partial charge in [-0.1, -0.05) is 35.3 Å². The fourth-order valence-electron chi connectivity index (χ4n) is 3.25. The predicted molar refractivity (Wildman–Crippen MR) is 122 cm³/mol. The Morgan fingerprint density at radius 3 is 2.58 bits per heavy atom. The van der Waals surface area contributed by atoms with Crippen LogP contribution in [0.25, 0.3) is 11.3 Å². The molecule has 0 aliphatic carbocycles. The third-order valence-corrected chi connectivity index (χ3v) is 5.46. The molecule has 1 saturated heterocycles. The molecular formula is C23H21Cl2N3O3. The van der Waals surface area contributed by atoms with Crippen molar-refractivity contribution in [3.63, 3.8) is 0 Å². The topological polar surface area (TPSA) is 67.1 Å². The normalized spacial score (nSPS) is 14.8. The van der Waals surface area contributed by atoms with Crippen molar-refractivity contribution in [3.05, 3.63) is 81.5 Å². The highest BCUT2D eigenvalue weighted by Gasteiger charge is 2.12.